The highest BCUT2D eigenvalue weighted by molar-refractivity contribution is 5.39. The fourth-order valence-corrected chi connectivity index (χ4v) is 2.82. The van der Waals surface area contributed by atoms with Crippen molar-refractivity contribution in [1.82, 2.24) is 9.97 Å². The van der Waals surface area contributed by atoms with Crippen LogP contribution in [0.2, 0.25) is 0 Å². The molecule has 2 aromatic rings. The van der Waals surface area contributed by atoms with E-state index < -0.39 is 0 Å². The number of hydrogen-bond donors (Lipinski definition) is 2. The Bertz CT molecular complexity index is 669. The number of fused-ring (bicyclic) bond motifs is 1. The number of nitrogens with two attached hydrogens (primary N) is 1. The summed E-state index contributed by atoms with van der Waals surface area (Å²) in [5.74, 6) is 8.81. The van der Waals surface area contributed by atoms with E-state index in [1.165, 1.54) is 18.4 Å². The van der Waals surface area contributed by atoms with Crippen LogP contribution in [0.5, 0.6) is 5.75 Å². The van der Waals surface area contributed by atoms with E-state index in [-0.39, 0.29) is 5.92 Å². The molecule has 0 radical (unpaired) electrons. The predicted molar refractivity (Wildman–Crippen MR) is 80.2 cm³/mol. The first-order valence-corrected chi connectivity index (χ1v) is 7.39. The summed E-state index contributed by atoms with van der Waals surface area (Å²) in [7, 11) is 0. The molecule has 4 rings (SSSR count). The Labute approximate surface area is 123 Å². The highest BCUT2D eigenvalue weighted by Crippen LogP contribution is 2.40. The number of aromatic nitrogens is 2. The second-order valence-electron chi connectivity index (χ2n) is 5.77. The van der Waals surface area contributed by atoms with Crippen LogP contribution < -0.4 is 16.0 Å². The van der Waals surface area contributed by atoms with Crippen molar-refractivity contribution >= 4 is 5.82 Å². The molecule has 1 fully saturated rings. The highest BCUT2D eigenvalue weighted by atomic mass is 16.5. The van der Waals surface area contributed by atoms with Gasteiger partial charge in [0.15, 0.2) is 0 Å². The third-order valence-corrected chi connectivity index (χ3v) is 4.15. The number of rotatable bonds is 3. The second-order valence-corrected chi connectivity index (χ2v) is 5.77. The van der Waals surface area contributed by atoms with Crippen LogP contribution in [0.4, 0.5) is 5.82 Å². The highest BCUT2D eigenvalue weighted by Gasteiger charge is 2.29. The number of nitrogens with zero attached hydrogens (tertiary/aromatic N) is 2. The minimum absolute atomic E-state index is 0.186. The largest absolute Gasteiger partial charge is 0.493 e. The Morgan fingerprint density at radius 3 is 2.81 bits per heavy atom. The molecule has 1 aliphatic carbocycles. The molecule has 1 aliphatic heterocycles. The summed E-state index contributed by atoms with van der Waals surface area (Å²) in [6, 6.07) is 10.1. The minimum atomic E-state index is 0.186. The SMILES string of the molecule is NNc1cc(C2CC2)nc(C2COc3ccccc3C2)n1. The lowest BCUT2D eigenvalue weighted by Crippen LogP contribution is -2.22. The maximum absolute atomic E-state index is 5.85. The summed E-state index contributed by atoms with van der Waals surface area (Å²) in [6.07, 6.45) is 3.34. The Hall–Kier alpha value is -2.14. The van der Waals surface area contributed by atoms with Crippen LogP contribution in [0.3, 0.4) is 0 Å². The lowest BCUT2D eigenvalue weighted by Gasteiger charge is -2.24. The summed E-state index contributed by atoms with van der Waals surface area (Å²) in [6.45, 7) is 0.620. The van der Waals surface area contributed by atoms with Gasteiger partial charge in [0.2, 0.25) is 0 Å². The van der Waals surface area contributed by atoms with Crippen LogP contribution in [-0.4, -0.2) is 16.6 Å². The lowest BCUT2D eigenvalue weighted by molar-refractivity contribution is 0.257. The number of nitrogens with one attached hydrogen (secondary N) is 1. The van der Waals surface area contributed by atoms with Crippen LogP contribution in [-0.2, 0) is 6.42 Å². The van der Waals surface area contributed by atoms with Crippen molar-refractivity contribution in [2.45, 2.75) is 31.1 Å². The van der Waals surface area contributed by atoms with Gasteiger partial charge in [0.25, 0.3) is 0 Å². The summed E-state index contributed by atoms with van der Waals surface area (Å²) in [4.78, 5) is 9.28. The zero-order chi connectivity index (χ0) is 14.2. The normalized spacial score (nSPS) is 20.5. The van der Waals surface area contributed by atoms with Crippen molar-refractivity contribution < 1.29 is 4.74 Å². The zero-order valence-electron chi connectivity index (χ0n) is 11.7. The maximum atomic E-state index is 5.85. The zero-order valence-corrected chi connectivity index (χ0v) is 11.7. The molecule has 5 heteroatoms. The Morgan fingerprint density at radius 2 is 2.00 bits per heavy atom. The molecule has 0 amide bonds. The molecule has 1 aromatic carbocycles. The number of anilines is 1. The topological polar surface area (TPSA) is 73.1 Å². The molecule has 5 nitrogen and oxygen atoms in total. The number of para-hydroxylation sites is 1. The third kappa shape index (κ3) is 2.45. The van der Waals surface area contributed by atoms with Gasteiger partial charge in [-0.2, -0.15) is 0 Å². The monoisotopic (exact) mass is 282 g/mol. The molecular weight excluding hydrogens is 264 g/mol. The van der Waals surface area contributed by atoms with Gasteiger partial charge in [0, 0.05) is 17.7 Å². The van der Waals surface area contributed by atoms with Gasteiger partial charge in [-0.05, 0) is 30.9 Å². The van der Waals surface area contributed by atoms with E-state index in [0.717, 1.165) is 23.7 Å². The fraction of sp³-hybridized carbons (Fsp3) is 0.375. The number of benzene rings is 1. The Kier molecular flexibility index (Phi) is 3.00. The van der Waals surface area contributed by atoms with Gasteiger partial charge in [0.05, 0.1) is 12.5 Å². The first kappa shape index (κ1) is 12.6. The fourth-order valence-electron chi connectivity index (χ4n) is 2.82. The number of ether oxygens (including phenoxy) is 1. The number of hydrazine groups is 1. The van der Waals surface area contributed by atoms with E-state index in [2.05, 4.69) is 16.5 Å². The standard InChI is InChI=1S/C16H18N4O/c17-20-15-8-13(10-5-6-10)18-16(19-15)12-7-11-3-1-2-4-14(11)21-9-12/h1-4,8,10,12H,5-7,9,17H2,(H,18,19,20). The Balaban J connectivity index is 1.66. The molecular formula is C16H18N4O. The van der Waals surface area contributed by atoms with Crippen LogP contribution >= 0.6 is 0 Å². The van der Waals surface area contributed by atoms with Gasteiger partial charge in [-0.15, -0.1) is 0 Å². The molecule has 0 saturated heterocycles. The summed E-state index contributed by atoms with van der Waals surface area (Å²) < 4.78 is 5.85. The maximum Gasteiger partial charge on any atom is 0.143 e. The van der Waals surface area contributed by atoms with Crippen molar-refractivity contribution in [3.05, 3.63) is 47.4 Å². The molecule has 1 atom stereocenters. The van der Waals surface area contributed by atoms with E-state index in [1.54, 1.807) is 0 Å². The summed E-state index contributed by atoms with van der Waals surface area (Å²) >= 11 is 0. The first-order valence-electron chi connectivity index (χ1n) is 7.39. The lowest BCUT2D eigenvalue weighted by atomic mass is 9.96. The number of nitrogen functional groups attached to an aromatic ring is 1. The minimum Gasteiger partial charge on any atom is -0.493 e. The molecule has 108 valence electrons. The van der Waals surface area contributed by atoms with Gasteiger partial charge in [0.1, 0.15) is 17.4 Å². The summed E-state index contributed by atoms with van der Waals surface area (Å²) in [5, 5.41) is 0. The van der Waals surface area contributed by atoms with Crippen LogP contribution in [0, 0.1) is 0 Å². The van der Waals surface area contributed by atoms with E-state index in [0.29, 0.717) is 18.3 Å². The average Bonchev–Trinajstić information content (AvgIpc) is 3.39. The molecule has 0 spiro atoms. The molecule has 1 aromatic heterocycles. The van der Waals surface area contributed by atoms with Crippen molar-refractivity contribution in [1.29, 1.82) is 0 Å². The molecule has 2 aliphatic rings. The molecule has 0 bridgehead atoms. The summed E-state index contributed by atoms with van der Waals surface area (Å²) in [5.41, 5.74) is 4.98. The van der Waals surface area contributed by atoms with Gasteiger partial charge in [-0.25, -0.2) is 15.8 Å². The average molecular weight is 282 g/mol. The van der Waals surface area contributed by atoms with Crippen LogP contribution in [0.1, 0.15) is 41.8 Å². The van der Waals surface area contributed by atoms with Crippen LogP contribution in [0.15, 0.2) is 30.3 Å². The molecule has 3 N–H and O–H groups in total. The molecule has 2 heterocycles. The predicted octanol–water partition coefficient (Wildman–Crippen LogP) is 2.36. The quantitative estimate of drug-likeness (QED) is 0.668. The van der Waals surface area contributed by atoms with Crippen molar-refractivity contribution in [2.75, 3.05) is 12.0 Å². The first-order chi connectivity index (χ1) is 10.3. The molecule has 1 saturated carbocycles. The van der Waals surface area contributed by atoms with Crippen molar-refractivity contribution in [3.8, 4) is 5.75 Å². The van der Waals surface area contributed by atoms with E-state index in [9.17, 15) is 0 Å². The van der Waals surface area contributed by atoms with Gasteiger partial charge in [-0.3, -0.25) is 0 Å². The molecule has 1 unspecified atom stereocenters. The van der Waals surface area contributed by atoms with E-state index in [1.807, 2.05) is 24.3 Å². The number of hydrogen-bond acceptors (Lipinski definition) is 5. The molecule has 21 heavy (non-hydrogen) atoms. The van der Waals surface area contributed by atoms with Crippen molar-refractivity contribution in [3.63, 3.8) is 0 Å². The smallest absolute Gasteiger partial charge is 0.143 e. The van der Waals surface area contributed by atoms with Gasteiger partial charge in [-0.1, -0.05) is 18.2 Å². The Morgan fingerprint density at radius 1 is 1.14 bits per heavy atom. The van der Waals surface area contributed by atoms with Gasteiger partial charge >= 0.3 is 0 Å². The third-order valence-electron chi connectivity index (χ3n) is 4.15. The second kappa shape index (κ2) is 5.00. The van der Waals surface area contributed by atoms with Crippen molar-refractivity contribution in [2.24, 2.45) is 5.84 Å². The van der Waals surface area contributed by atoms with E-state index >= 15 is 0 Å². The van der Waals surface area contributed by atoms with Crippen LogP contribution in [0.25, 0.3) is 0 Å². The van der Waals surface area contributed by atoms with E-state index in [4.69, 9.17) is 15.6 Å². The van der Waals surface area contributed by atoms with Gasteiger partial charge < -0.3 is 10.2 Å².